The largest absolute Gasteiger partial charge is 0.327 e. The summed E-state index contributed by atoms with van der Waals surface area (Å²) in [7, 11) is 2.07. The molecule has 3 aromatic rings. The Balaban J connectivity index is 1.79. The number of fused-ring (bicyclic) bond motifs is 1. The molecule has 21 heavy (non-hydrogen) atoms. The second-order valence-corrected chi connectivity index (χ2v) is 6.85. The molecule has 0 aliphatic heterocycles. The number of halogens is 1. The summed E-state index contributed by atoms with van der Waals surface area (Å²) < 4.78 is 0.801. The maximum atomic E-state index is 12.0. The quantitative estimate of drug-likeness (QED) is 0.771. The first-order chi connectivity index (χ1) is 10.1. The molecule has 3 rings (SSSR count). The standard InChI is InChI=1S/C15H14ClN3OS/c1-19(8-10-6-7-13(16)21-10)9-14-17-12-5-3-2-4-11(12)15(20)18-14/h2-7H,8-9H2,1H3,(H,17,18,20)/p+1. The Bertz CT molecular complexity index is 827. The van der Waals surface area contributed by atoms with E-state index in [4.69, 9.17) is 11.6 Å². The van der Waals surface area contributed by atoms with Crippen molar-refractivity contribution >= 4 is 33.8 Å². The van der Waals surface area contributed by atoms with Crippen LogP contribution in [0.4, 0.5) is 0 Å². The number of rotatable bonds is 4. The zero-order valence-electron chi connectivity index (χ0n) is 11.5. The van der Waals surface area contributed by atoms with Crippen LogP contribution in [0, 0.1) is 0 Å². The van der Waals surface area contributed by atoms with Crippen LogP contribution < -0.4 is 10.5 Å². The summed E-state index contributed by atoms with van der Waals surface area (Å²) in [5.41, 5.74) is 0.658. The first kappa shape index (κ1) is 14.3. The van der Waals surface area contributed by atoms with Crippen molar-refractivity contribution in [1.29, 1.82) is 0 Å². The summed E-state index contributed by atoms with van der Waals surface area (Å²) in [6.45, 7) is 1.52. The van der Waals surface area contributed by atoms with Crippen molar-refractivity contribution in [2.24, 2.45) is 0 Å². The van der Waals surface area contributed by atoms with Crippen molar-refractivity contribution < 1.29 is 4.90 Å². The molecule has 0 fully saturated rings. The molecule has 1 atom stereocenters. The predicted molar refractivity (Wildman–Crippen MR) is 86.0 cm³/mol. The molecule has 0 spiro atoms. The highest BCUT2D eigenvalue weighted by atomic mass is 35.5. The third kappa shape index (κ3) is 3.32. The summed E-state index contributed by atoms with van der Waals surface area (Å²) in [5, 5.41) is 0.629. The number of para-hydroxylation sites is 1. The minimum atomic E-state index is -0.0810. The van der Waals surface area contributed by atoms with Crippen molar-refractivity contribution in [3.63, 3.8) is 0 Å². The fraction of sp³-hybridized carbons (Fsp3) is 0.200. The fourth-order valence-electron chi connectivity index (χ4n) is 2.31. The lowest BCUT2D eigenvalue weighted by atomic mass is 10.2. The minimum Gasteiger partial charge on any atom is -0.327 e. The van der Waals surface area contributed by atoms with Gasteiger partial charge in [0.15, 0.2) is 5.82 Å². The highest BCUT2D eigenvalue weighted by molar-refractivity contribution is 7.16. The fourth-order valence-corrected chi connectivity index (χ4v) is 3.51. The average Bonchev–Trinajstić information content (AvgIpc) is 2.84. The van der Waals surface area contributed by atoms with E-state index in [0.717, 1.165) is 16.4 Å². The maximum Gasteiger partial charge on any atom is 0.258 e. The van der Waals surface area contributed by atoms with Gasteiger partial charge >= 0.3 is 0 Å². The van der Waals surface area contributed by atoms with Gasteiger partial charge in [0.05, 0.1) is 27.2 Å². The Kier molecular flexibility index (Phi) is 4.05. The third-order valence-corrected chi connectivity index (χ3v) is 4.47. The van der Waals surface area contributed by atoms with E-state index in [9.17, 15) is 4.79 Å². The number of nitrogens with one attached hydrogen (secondary N) is 2. The third-order valence-electron chi connectivity index (χ3n) is 3.24. The van der Waals surface area contributed by atoms with E-state index < -0.39 is 0 Å². The van der Waals surface area contributed by atoms with E-state index in [2.05, 4.69) is 17.0 Å². The summed E-state index contributed by atoms with van der Waals surface area (Å²) in [5.74, 6) is 0.707. The van der Waals surface area contributed by atoms with Crippen LogP contribution in [0.15, 0.2) is 41.2 Å². The molecule has 0 radical (unpaired) electrons. The molecule has 2 N–H and O–H groups in total. The van der Waals surface area contributed by atoms with Crippen molar-refractivity contribution in [2.45, 2.75) is 13.1 Å². The number of benzene rings is 1. The molecule has 0 aliphatic carbocycles. The molecule has 2 aromatic heterocycles. The lowest BCUT2D eigenvalue weighted by molar-refractivity contribution is -0.908. The van der Waals surface area contributed by atoms with Crippen molar-refractivity contribution in [2.75, 3.05) is 7.05 Å². The molecular formula is C15H15ClN3OS+. The van der Waals surface area contributed by atoms with Crippen LogP contribution in [0.1, 0.15) is 10.7 Å². The van der Waals surface area contributed by atoms with Gasteiger partial charge in [0, 0.05) is 0 Å². The first-order valence-electron chi connectivity index (χ1n) is 6.65. The Morgan fingerprint density at radius 3 is 2.81 bits per heavy atom. The number of hydrogen-bond acceptors (Lipinski definition) is 3. The summed E-state index contributed by atoms with van der Waals surface area (Å²) in [4.78, 5) is 21.9. The zero-order valence-corrected chi connectivity index (χ0v) is 13.1. The highest BCUT2D eigenvalue weighted by Gasteiger charge is 2.10. The van der Waals surface area contributed by atoms with Gasteiger partial charge in [-0.15, -0.1) is 11.3 Å². The van der Waals surface area contributed by atoms with Crippen LogP contribution >= 0.6 is 22.9 Å². The summed E-state index contributed by atoms with van der Waals surface area (Å²) >= 11 is 7.52. The van der Waals surface area contributed by atoms with Crippen molar-refractivity contribution in [3.8, 4) is 0 Å². The molecular weight excluding hydrogens is 306 g/mol. The van der Waals surface area contributed by atoms with Crippen LogP contribution in [0.5, 0.6) is 0 Å². The van der Waals surface area contributed by atoms with Crippen LogP contribution in [0.3, 0.4) is 0 Å². The van der Waals surface area contributed by atoms with Gasteiger partial charge in [-0.3, -0.25) is 4.79 Å². The monoisotopic (exact) mass is 320 g/mol. The van der Waals surface area contributed by atoms with E-state index in [1.165, 1.54) is 9.78 Å². The number of nitrogens with zero attached hydrogens (tertiary/aromatic N) is 1. The average molecular weight is 321 g/mol. The van der Waals surface area contributed by atoms with E-state index in [0.29, 0.717) is 17.8 Å². The van der Waals surface area contributed by atoms with Crippen molar-refractivity contribution in [1.82, 2.24) is 9.97 Å². The molecule has 0 amide bonds. The number of hydrogen-bond donors (Lipinski definition) is 2. The van der Waals surface area contributed by atoms with E-state index >= 15 is 0 Å². The Hall–Kier alpha value is -1.69. The number of aromatic nitrogens is 2. The number of quaternary nitrogens is 1. The Morgan fingerprint density at radius 1 is 1.24 bits per heavy atom. The van der Waals surface area contributed by atoms with E-state index in [-0.39, 0.29) is 5.56 Å². The highest BCUT2D eigenvalue weighted by Crippen LogP contribution is 2.20. The van der Waals surface area contributed by atoms with E-state index in [1.807, 2.05) is 30.3 Å². The second kappa shape index (κ2) is 5.97. The lowest BCUT2D eigenvalue weighted by Crippen LogP contribution is -3.06. The van der Waals surface area contributed by atoms with Gasteiger partial charge in [-0.05, 0) is 24.3 Å². The van der Waals surface area contributed by atoms with Gasteiger partial charge in [-0.25, -0.2) is 4.98 Å². The smallest absolute Gasteiger partial charge is 0.258 e. The van der Waals surface area contributed by atoms with E-state index in [1.54, 1.807) is 17.4 Å². The molecule has 6 heteroatoms. The normalized spacial score (nSPS) is 12.7. The molecule has 0 bridgehead atoms. The SMILES string of the molecule is C[NH+](Cc1nc2ccccc2c(=O)[nH]1)Cc1ccc(Cl)s1. The van der Waals surface area contributed by atoms with Crippen LogP contribution in [0.2, 0.25) is 4.34 Å². The molecule has 1 aromatic carbocycles. The van der Waals surface area contributed by atoms with Crippen LogP contribution in [0.25, 0.3) is 10.9 Å². The van der Waals surface area contributed by atoms with Gasteiger partial charge in [0.25, 0.3) is 5.56 Å². The molecule has 2 heterocycles. The first-order valence-corrected chi connectivity index (χ1v) is 7.85. The molecule has 4 nitrogen and oxygen atoms in total. The maximum absolute atomic E-state index is 12.0. The number of thiophene rings is 1. The van der Waals surface area contributed by atoms with Gasteiger partial charge in [0.1, 0.15) is 13.1 Å². The van der Waals surface area contributed by atoms with Gasteiger partial charge in [-0.2, -0.15) is 0 Å². The predicted octanol–water partition coefficient (Wildman–Crippen LogP) is 1.85. The number of H-pyrrole nitrogens is 1. The van der Waals surface area contributed by atoms with Crippen LogP contribution in [-0.4, -0.2) is 17.0 Å². The molecule has 0 saturated carbocycles. The topological polar surface area (TPSA) is 50.2 Å². The molecule has 1 unspecified atom stereocenters. The number of aromatic amines is 1. The van der Waals surface area contributed by atoms with Gasteiger partial charge in [-0.1, -0.05) is 23.7 Å². The molecule has 0 aliphatic rings. The van der Waals surface area contributed by atoms with Crippen LogP contribution in [-0.2, 0) is 13.1 Å². The Morgan fingerprint density at radius 2 is 2.05 bits per heavy atom. The van der Waals surface area contributed by atoms with Gasteiger partial charge < -0.3 is 9.88 Å². The Labute approximate surface area is 131 Å². The molecule has 108 valence electrons. The zero-order chi connectivity index (χ0) is 14.8. The summed E-state index contributed by atoms with van der Waals surface area (Å²) in [6, 6.07) is 11.3. The molecule has 0 saturated heterocycles. The second-order valence-electron chi connectivity index (χ2n) is 5.05. The summed E-state index contributed by atoms with van der Waals surface area (Å²) in [6.07, 6.45) is 0. The van der Waals surface area contributed by atoms with Gasteiger partial charge in [0.2, 0.25) is 0 Å². The van der Waals surface area contributed by atoms with Crippen molar-refractivity contribution in [3.05, 3.63) is 61.8 Å². The minimum absolute atomic E-state index is 0.0810. The lowest BCUT2D eigenvalue weighted by Gasteiger charge is -2.12.